The lowest BCUT2D eigenvalue weighted by atomic mass is 10.00. The van der Waals surface area contributed by atoms with Crippen molar-refractivity contribution in [2.24, 2.45) is 0 Å². The van der Waals surface area contributed by atoms with Gasteiger partial charge in [-0.1, -0.05) is 24.3 Å². The van der Waals surface area contributed by atoms with Crippen LogP contribution in [0.3, 0.4) is 0 Å². The molecule has 28 heavy (non-hydrogen) atoms. The molecule has 0 unspecified atom stereocenters. The first-order chi connectivity index (χ1) is 13.6. The predicted octanol–water partition coefficient (Wildman–Crippen LogP) is 5.10. The standard InChI is InChI=1S/C22H24N2O2S2/c1-15-16(2)28-22(23-21(25)17-7-4-3-5-8-17)19(15)20(18-9-6-14-27-18)24-10-12-26-13-11-24/h3-9,14,20H,10-13H2,1-2H3,(H,23,25)/t20-/m0/s1. The lowest BCUT2D eigenvalue weighted by Gasteiger charge is -2.35. The molecule has 1 fully saturated rings. The predicted molar refractivity (Wildman–Crippen MR) is 117 cm³/mol. The largest absolute Gasteiger partial charge is 0.379 e. The average Bonchev–Trinajstić information content (AvgIpc) is 3.34. The molecule has 0 aliphatic carbocycles. The first-order valence-corrected chi connectivity index (χ1v) is 11.2. The first-order valence-electron chi connectivity index (χ1n) is 9.46. The lowest BCUT2D eigenvalue weighted by Crippen LogP contribution is -2.39. The fourth-order valence-electron chi connectivity index (χ4n) is 3.62. The number of nitrogens with zero attached hydrogens (tertiary/aromatic N) is 1. The number of nitrogens with one attached hydrogen (secondary N) is 1. The maximum absolute atomic E-state index is 12.8. The van der Waals surface area contributed by atoms with Gasteiger partial charge in [0.1, 0.15) is 5.00 Å². The van der Waals surface area contributed by atoms with Crippen LogP contribution in [0.1, 0.15) is 37.3 Å². The second-order valence-corrected chi connectivity index (χ2v) is 9.12. The molecule has 0 saturated carbocycles. The molecule has 146 valence electrons. The molecule has 1 aromatic carbocycles. The maximum atomic E-state index is 12.8. The van der Waals surface area contributed by atoms with Crippen LogP contribution < -0.4 is 5.32 Å². The fourth-order valence-corrected chi connectivity index (χ4v) is 5.57. The number of hydrogen-bond acceptors (Lipinski definition) is 5. The van der Waals surface area contributed by atoms with Gasteiger partial charge in [0.05, 0.1) is 19.3 Å². The molecule has 6 heteroatoms. The number of ether oxygens (including phenoxy) is 1. The highest BCUT2D eigenvalue weighted by Crippen LogP contribution is 2.43. The van der Waals surface area contributed by atoms with Gasteiger partial charge in [-0.3, -0.25) is 9.69 Å². The third kappa shape index (κ3) is 3.91. The Morgan fingerprint density at radius 2 is 1.86 bits per heavy atom. The van der Waals surface area contributed by atoms with Crippen LogP contribution in [-0.4, -0.2) is 37.1 Å². The van der Waals surface area contributed by atoms with Crippen LogP contribution in [0.5, 0.6) is 0 Å². The van der Waals surface area contributed by atoms with E-state index in [0.717, 1.165) is 31.3 Å². The van der Waals surface area contributed by atoms with E-state index in [9.17, 15) is 4.79 Å². The smallest absolute Gasteiger partial charge is 0.256 e. The summed E-state index contributed by atoms with van der Waals surface area (Å²) < 4.78 is 5.59. The number of hydrogen-bond donors (Lipinski definition) is 1. The average molecular weight is 413 g/mol. The number of rotatable bonds is 5. The molecule has 1 amide bonds. The van der Waals surface area contributed by atoms with E-state index in [1.54, 1.807) is 22.7 Å². The van der Waals surface area contributed by atoms with Crippen molar-refractivity contribution in [3.8, 4) is 0 Å². The minimum Gasteiger partial charge on any atom is -0.379 e. The Hall–Kier alpha value is -1.99. The van der Waals surface area contributed by atoms with Gasteiger partial charge in [-0.15, -0.1) is 22.7 Å². The number of anilines is 1. The monoisotopic (exact) mass is 412 g/mol. The van der Waals surface area contributed by atoms with Gasteiger partial charge in [-0.25, -0.2) is 0 Å². The molecular formula is C22H24N2O2S2. The summed E-state index contributed by atoms with van der Waals surface area (Å²) in [5, 5.41) is 6.27. The number of amides is 1. The van der Waals surface area contributed by atoms with E-state index in [-0.39, 0.29) is 11.9 Å². The van der Waals surface area contributed by atoms with Crippen LogP contribution in [0.15, 0.2) is 47.8 Å². The second-order valence-electron chi connectivity index (χ2n) is 6.91. The summed E-state index contributed by atoms with van der Waals surface area (Å²) in [7, 11) is 0. The number of carbonyl (C=O) groups excluding carboxylic acids is 1. The van der Waals surface area contributed by atoms with Crippen molar-refractivity contribution < 1.29 is 9.53 Å². The molecule has 3 heterocycles. The quantitative estimate of drug-likeness (QED) is 0.634. The molecule has 0 spiro atoms. The third-order valence-electron chi connectivity index (χ3n) is 5.19. The Kier molecular flexibility index (Phi) is 5.92. The highest BCUT2D eigenvalue weighted by molar-refractivity contribution is 7.16. The number of aryl methyl sites for hydroxylation is 1. The molecule has 4 nitrogen and oxygen atoms in total. The first kappa shape index (κ1) is 19.3. The van der Waals surface area contributed by atoms with Gasteiger partial charge in [-0.2, -0.15) is 0 Å². The number of benzene rings is 1. The van der Waals surface area contributed by atoms with E-state index in [1.165, 1.54) is 20.9 Å². The normalized spacial score (nSPS) is 16.1. The van der Waals surface area contributed by atoms with Gasteiger partial charge >= 0.3 is 0 Å². The summed E-state index contributed by atoms with van der Waals surface area (Å²) >= 11 is 3.44. The van der Waals surface area contributed by atoms with Crippen molar-refractivity contribution in [1.82, 2.24) is 4.90 Å². The zero-order chi connectivity index (χ0) is 19.5. The van der Waals surface area contributed by atoms with Crippen LogP contribution >= 0.6 is 22.7 Å². The fraction of sp³-hybridized carbons (Fsp3) is 0.318. The third-order valence-corrected chi connectivity index (χ3v) is 7.26. The van der Waals surface area contributed by atoms with Crippen molar-refractivity contribution in [3.05, 3.63) is 74.3 Å². The van der Waals surface area contributed by atoms with Crippen molar-refractivity contribution in [2.45, 2.75) is 19.9 Å². The molecule has 3 aromatic rings. The highest BCUT2D eigenvalue weighted by atomic mass is 32.1. The van der Waals surface area contributed by atoms with E-state index in [1.807, 2.05) is 30.3 Å². The Morgan fingerprint density at radius 3 is 2.54 bits per heavy atom. The van der Waals surface area contributed by atoms with Crippen molar-refractivity contribution in [1.29, 1.82) is 0 Å². The van der Waals surface area contributed by atoms with Gasteiger partial charge in [0.25, 0.3) is 5.91 Å². The summed E-state index contributed by atoms with van der Waals surface area (Å²) in [6.07, 6.45) is 0. The van der Waals surface area contributed by atoms with Crippen LogP contribution in [0, 0.1) is 13.8 Å². The van der Waals surface area contributed by atoms with Crippen LogP contribution in [0.4, 0.5) is 5.00 Å². The molecular weight excluding hydrogens is 388 g/mol. The van der Waals surface area contributed by atoms with Crippen LogP contribution in [-0.2, 0) is 4.74 Å². The van der Waals surface area contributed by atoms with E-state index >= 15 is 0 Å². The van der Waals surface area contributed by atoms with E-state index < -0.39 is 0 Å². The highest BCUT2D eigenvalue weighted by Gasteiger charge is 2.31. The topological polar surface area (TPSA) is 41.6 Å². The van der Waals surface area contributed by atoms with Crippen molar-refractivity contribution in [2.75, 3.05) is 31.6 Å². The summed E-state index contributed by atoms with van der Waals surface area (Å²) in [5.41, 5.74) is 3.16. The van der Waals surface area contributed by atoms with Crippen molar-refractivity contribution in [3.63, 3.8) is 0 Å². The molecule has 4 rings (SSSR count). The molecule has 1 aliphatic rings. The molecule has 1 N–H and O–H groups in total. The van der Waals surface area contributed by atoms with Gasteiger partial charge in [0, 0.05) is 34.0 Å². The van der Waals surface area contributed by atoms with Crippen molar-refractivity contribution >= 4 is 33.6 Å². The molecule has 1 atom stereocenters. The van der Waals surface area contributed by atoms with E-state index in [4.69, 9.17) is 4.74 Å². The molecule has 2 aromatic heterocycles. The summed E-state index contributed by atoms with van der Waals surface area (Å²) in [4.78, 5) is 17.9. The second kappa shape index (κ2) is 8.57. The van der Waals surface area contributed by atoms with Gasteiger partial charge in [0.15, 0.2) is 0 Å². The number of carbonyl (C=O) groups is 1. The van der Waals surface area contributed by atoms with Crippen LogP contribution in [0.25, 0.3) is 0 Å². The van der Waals surface area contributed by atoms with Gasteiger partial charge in [0.2, 0.25) is 0 Å². The number of morpholine rings is 1. The molecule has 0 radical (unpaired) electrons. The maximum Gasteiger partial charge on any atom is 0.256 e. The summed E-state index contributed by atoms with van der Waals surface area (Å²) in [5.74, 6) is -0.0602. The Balaban J connectivity index is 1.73. The van der Waals surface area contributed by atoms with Gasteiger partial charge in [-0.05, 0) is 43.0 Å². The molecule has 1 saturated heterocycles. The molecule has 0 bridgehead atoms. The summed E-state index contributed by atoms with van der Waals surface area (Å²) in [6, 6.07) is 13.8. The van der Waals surface area contributed by atoms with E-state index in [2.05, 4.69) is 41.6 Å². The SMILES string of the molecule is Cc1sc(NC(=O)c2ccccc2)c([C@H](c2cccs2)N2CCOCC2)c1C. The number of thiophene rings is 2. The Bertz CT molecular complexity index is 929. The minimum absolute atomic E-state index is 0.0602. The zero-order valence-corrected chi connectivity index (χ0v) is 17.7. The van der Waals surface area contributed by atoms with Gasteiger partial charge < -0.3 is 10.1 Å². The Labute approximate surface area is 173 Å². The summed E-state index contributed by atoms with van der Waals surface area (Å²) in [6.45, 7) is 7.57. The minimum atomic E-state index is -0.0602. The Morgan fingerprint density at radius 1 is 1.11 bits per heavy atom. The van der Waals surface area contributed by atoms with E-state index in [0.29, 0.717) is 5.56 Å². The molecule has 1 aliphatic heterocycles. The lowest BCUT2D eigenvalue weighted by molar-refractivity contribution is 0.0246. The van der Waals surface area contributed by atoms with Crippen LogP contribution in [0.2, 0.25) is 0 Å². The zero-order valence-electron chi connectivity index (χ0n) is 16.1.